The van der Waals surface area contributed by atoms with Crippen LogP contribution in [-0.2, 0) is 20.1 Å². The first-order chi connectivity index (χ1) is 13.1. The van der Waals surface area contributed by atoms with Crippen LogP contribution in [0, 0.1) is 6.92 Å². The minimum Gasteiger partial charge on any atom is -0.337 e. The number of carbonyl (C=O) groups excluding carboxylic acids is 1. The van der Waals surface area contributed by atoms with Crippen LogP contribution in [0.1, 0.15) is 30.6 Å². The summed E-state index contributed by atoms with van der Waals surface area (Å²) in [6, 6.07) is 7.95. The topological polar surface area (TPSA) is 68.0 Å². The fourth-order valence-corrected chi connectivity index (χ4v) is 3.05. The van der Waals surface area contributed by atoms with Gasteiger partial charge in [0.25, 0.3) is 0 Å². The molecule has 0 bridgehead atoms. The Balaban J connectivity index is 1.71. The van der Waals surface area contributed by atoms with Crippen LogP contribution in [0.2, 0.25) is 0 Å². The monoisotopic (exact) mass is 366 g/mol. The second kappa shape index (κ2) is 8.53. The molecule has 0 saturated carbocycles. The fourth-order valence-electron chi connectivity index (χ4n) is 3.05. The molecular formula is C20H26N6O. The van der Waals surface area contributed by atoms with Crippen molar-refractivity contribution in [2.45, 2.75) is 33.4 Å². The maximum Gasteiger partial charge on any atom is 0.318 e. The summed E-state index contributed by atoms with van der Waals surface area (Å²) in [5, 5.41) is 3.05. The number of carbonyl (C=O) groups is 1. The van der Waals surface area contributed by atoms with E-state index in [0.29, 0.717) is 19.6 Å². The van der Waals surface area contributed by atoms with Crippen LogP contribution in [0.3, 0.4) is 0 Å². The molecule has 0 spiro atoms. The summed E-state index contributed by atoms with van der Waals surface area (Å²) < 4.78 is 3.96. The van der Waals surface area contributed by atoms with Crippen molar-refractivity contribution in [1.82, 2.24) is 29.3 Å². The van der Waals surface area contributed by atoms with Gasteiger partial charge >= 0.3 is 6.03 Å². The zero-order valence-electron chi connectivity index (χ0n) is 16.1. The maximum absolute atomic E-state index is 12.8. The molecule has 0 unspecified atom stereocenters. The largest absolute Gasteiger partial charge is 0.337 e. The number of nitrogens with one attached hydrogen (secondary N) is 1. The molecule has 0 saturated heterocycles. The first-order valence-corrected chi connectivity index (χ1v) is 9.17. The third-order valence-corrected chi connectivity index (χ3v) is 4.54. The second-order valence-electron chi connectivity index (χ2n) is 6.51. The lowest BCUT2D eigenvalue weighted by Crippen LogP contribution is -2.40. The summed E-state index contributed by atoms with van der Waals surface area (Å²) in [4.78, 5) is 23.2. The highest BCUT2D eigenvalue weighted by Gasteiger charge is 2.16. The van der Waals surface area contributed by atoms with Gasteiger partial charge in [0.2, 0.25) is 0 Å². The van der Waals surface area contributed by atoms with Crippen LogP contribution in [0.25, 0.3) is 5.69 Å². The van der Waals surface area contributed by atoms with E-state index in [1.165, 1.54) is 0 Å². The highest BCUT2D eigenvalue weighted by Crippen LogP contribution is 2.16. The molecule has 2 aromatic heterocycles. The number of hydrogen-bond acceptors (Lipinski definition) is 3. The molecule has 7 nitrogen and oxygen atoms in total. The molecule has 2 amide bonds. The SMILES string of the molecule is CCCN(Cc1nccn1C)C(=O)NCc1ccccc1-n1ccnc1C. The number of imidazole rings is 2. The van der Waals surface area contributed by atoms with Gasteiger partial charge in [-0.15, -0.1) is 0 Å². The number of rotatable bonds is 7. The van der Waals surface area contributed by atoms with Gasteiger partial charge in [-0.25, -0.2) is 14.8 Å². The number of amides is 2. The van der Waals surface area contributed by atoms with Gasteiger partial charge < -0.3 is 19.4 Å². The maximum atomic E-state index is 12.8. The van der Waals surface area contributed by atoms with Crippen molar-refractivity contribution in [3.8, 4) is 5.69 Å². The first kappa shape index (κ1) is 18.7. The summed E-state index contributed by atoms with van der Waals surface area (Å²) in [5.74, 6) is 1.78. The Morgan fingerprint density at radius 3 is 2.63 bits per heavy atom. The van der Waals surface area contributed by atoms with E-state index in [-0.39, 0.29) is 6.03 Å². The Kier molecular flexibility index (Phi) is 5.90. The number of nitrogens with zero attached hydrogens (tertiary/aromatic N) is 5. The molecule has 0 radical (unpaired) electrons. The number of benzene rings is 1. The normalized spacial score (nSPS) is 10.8. The number of aryl methyl sites for hydroxylation is 2. The van der Waals surface area contributed by atoms with E-state index in [2.05, 4.69) is 22.2 Å². The molecule has 142 valence electrons. The van der Waals surface area contributed by atoms with E-state index in [4.69, 9.17) is 0 Å². The lowest BCUT2D eigenvalue weighted by atomic mass is 10.1. The van der Waals surface area contributed by atoms with Gasteiger partial charge in [0.05, 0.1) is 12.2 Å². The van der Waals surface area contributed by atoms with Gasteiger partial charge in [-0.3, -0.25) is 0 Å². The van der Waals surface area contributed by atoms with E-state index in [0.717, 1.165) is 29.3 Å². The van der Waals surface area contributed by atoms with Crippen molar-refractivity contribution in [2.75, 3.05) is 6.54 Å². The average Bonchev–Trinajstić information content (AvgIpc) is 3.28. The summed E-state index contributed by atoms with van der Waals surface area (Å²) >= 11 is 0. The number of para-hydroxylation sites is 1. The van der Waals surface area contributed by atoms with Crippen LogP contribution in [0.4, 0.5) is 4.79 Å². The highest BCUT2D eigenvalue weighted by atomic mass is 16.2. The summed E-state index contributed by atoms with van der Waals surface area (Å²) in [5.41, 5.74) is 2.07. The quantitative estimate of drug-likeness (QED) is 0.699. The fraction of sp³-hybridized carbons (Fsp3) is 0.350. The van der Waals surface area contributed by atoms with Crippen LogP contribution in [-0.4, -0.2) is 36.6 Å². The zero-order chi connectivity index (χ0) is 19.2. The highest BCUT2D eigenvalue weighted by molar-refractivity contribution is 5.74. The molecule has 0 aliphatic heterocycles. The van der Waals surface area contributed by atoms with E-state index in [9.17, 15) is 4.79 Å². The smallest absolute Gasteiger partial charge is 0.318 e. The number of hydrogen-bond donors (Lipinski definition) is 1. The van der Waals surface area contributed by atoms with E-state index < -0.39 is 0 Å². The van der Waals surface area contributed by atoms with Gasteiger partial charge in [0, 0.05) is 44.9 Å². The van der Waals surface area contributed by atoms with E-state index in [1.807, 2.05) is 59.8 Å². The zero-order valence-corrected chi connectivity index (χ0v) is 16.1. The Morgan fingerprint density at radius 1 is 1.19 bits per heavy atom. The molecule has 3 aromatic rings. The summed E-state index contributed by atoms with van der Waals surface area (Å²) in [6.45, 7) is 5.65. The van der Waals surface area contributed by atoms with Gasteiger partial charge in [0.15, 0.2) is 0 Å². The minimum atomic E-state index is -0.0861. The predicted molar refractivity (Wildman–Crippen MR) is 104 cm³/mol. The lowest BCUT2D eigenvalue weighted by molar-refractivity contribution is 0.192. The molecule has 2 heterocycles. The molecule has 0 atom stereocenters. The van der Waals surface area contributed by atoms with Gasteiger partial charge in [-0.2, -0.15) is 0 Å². The Morgan fingerprint density at radius 2 is 1.96 bits per heavy atom. The summed E-state index contributed by atoms with van der Waals surface area (Å²) in [6.07, 6.45) is 8.24. The Hall–Kier alpha value is -3.09. The predicted octanol–water partition coefficient (Wildman–Crippen LogP) is 3.04. The second-order valence-corrected chi connectivity index (χ2v) is 6.51. The average molecular weight is 366 g/mol. The van der Waals surface area contributed by atoms with Crippen molar-refractivity contribution in [3.63, 3.8) is 0 Å². The van der Waals surface area contributed by atoms with E-state index >= 15 is 0 Å². The van der Waals surface area contributed by atoms with Crippen molar-refractivity contribution < 1.29 is 4.79 Å². The standard InChI is InChI=1S/C20H26N6O/c1-4-11-25(15-19-22-9-12-24(19)3)20(27)23-14-17-7-5-6-8-18(17)26-13-10-21-16(26)2/h5-10,12-13H,4,11,14-15H2,1-3H3,(H,23,27). The summed E-state index contributed by atoms with van der Waals surface area (Å²) in [7, 11) is 1.94. The minimum absolute atomic E-state index is 0.0861. The third kappa shape index (κ3) is 4.36. The molecule has 0 aliphatic rings. The molecule has 27 heavy (non-hydrogen) atoms. The van der Waals surface area contributed by atoms with Crippen LogP contribution in [0.15, 0.2) is 49.1 Å². The molecule has 7 heteroatoms. The van der Waals surface area contributed by atoms with Gasteiger partial charge in [-0.05, 0) is 25.0 Å². The van der Waals surface area contributed by atoms with E-state index in [1.54, 1.807) is 17.3 Å². The Bertz CT molecular complexity index is 897. The first-order valence-electron chi connectivity index (χ1n) is 9.17. The number of aromatic nitrogens is 4. The number of urea groups is 1. The van der Waals surface area contributed by atoms with Crippen molar-refractivity contribution >= 4 is 6.03 Å². The van der Waals surface area contributed by atoms with Crippen molar-refractivity contribution in [3.05, 3.63) is 66.3 Å². The third-order valence-electron chi connectivity index (χ3n) is 4.54. The van der Waals surface area contributed by atoms with Crippen molar-refractivity contribution in [1.29, 1.82) is 0 Å². The Labute approximate surface area is 159 Å². The van der Waals surface area contributed by atoms with Gasteiger partial charge in [0.1, 0.15) is 11.6 Å². The molecule has 1 aromatic carbocycles. The van der Waals surface area contributed by atoms with Crippen LogP contribution >= 0.6 is 0 Å². The van der Waals surface area contributed by atoms with Gasteiger partial charge in [-0.1, -0.05) is 25.1 Å². The lowest BCUT2D eigenvalue weighted by Gasteiger charge is -2.23. The van der Waals surface area contributed by atoms with Crippen LogP contribution < -0.4 is 5.32 Å². The molecule has 3 rings (SSSR count). The van der Waals surface area contributed by atoms with Crippen LogP contribution in [0.5, 0.6) is 0 Å². The van der Waals surface area contributed by atoms with Crippen molar-refractivity contribution in [2.24, 2.45) is 7.05 Å². The molecule has 1 N–H and O–H groups in total. The molecule has 0 fully saturated rings. The molecular weight excluding hydrogens is 340 g/mol. The molecule has 0 aliphatic carbocycles.